The molecule has 0 aliphatic heterocycles. The van der Waals surface area contributed by atoms with Crippen molar-refractivity contribution in [2.24, 2.45) is 5.92 Å². The average Bonchev–Trinajstić information content (AvgIpc) is 2.91. The fraction of sp³-hybridized carbons (Fsp3) is 0.312. The fourth-order valence-corrected chi connectivity index (χ4v) is 4.83. The van der Waals surface area contributed by atoms with E-state index >= 15 is 0 Å². The molecule has 1 aliphatic carbocycles. The van der Waals surface area contributed by atoms with Crippen LogP contribution in [-0.4, -0.2) is 6.61 Å². The van der Waals surface area contributed by atoms with Gasteiger partial charge in [-0.05, 0) is 66.3 Å². The molecule has 3 aromatic rings. The number of halogens is 4. The van der Waals surface area contributed by atoms with E-state index in [0.29, 0.717) is 29.0 Å². The van der Waals surface area contributed by atoms with Gasteiger partial charge in [0.15, 0.2) is 23.2 Å². The number of allylic oxidation sites excluding steroid dienone is 1. The van der Waals surface area contributed by atoms with Crippen LogP contribution >= 0.6 is 0 Å². The molecular formula is C32H32F4O. The van der Waals surface area contributed by atoms with Crippen molar-refractivity contribution in [2.75, 3.05) is 6.61 Å². The highest BCUT2D eigenvalue weighted by Gasteiger charge is 2.25. The molecule has 4 rings (SSSR count). The van der Waals surface area contributed by atoms with E-state index in [4.69, 9.17) is 4.74 Å². The van der Waals surface area contributed by atoms with Crippen LogP contribution in [-0.2, 0) is 0 Å². The normalized spacial score (nSPS) is 17.8. The van der Waals surface area contributed by atoms with Crippen LogP contribution in [0.25, 0.3) is 23.3 Å². The van der Waals surface area contributed by atoms with Crippen LogP contribution in [0, 0.1) is 29.2 Å². The highest BCUT2D eigenvalue weighted by Crippen LogP contribution is 2.38. The summed E-state index contributed by atoms with van der Waals surface area (Å²) in [5, 5.41) is 0. The number of ether oxygens (including phenoxy) is 1. The van der Waals surface area contributed by atoms with E-state index in [1.807, 2.05) is 0 Å². The Balaban J connectivity index is 1.46. The molecule has 0 aromatic heterocycles. The van der Waals surface area contributed by atoms with Crippen LogP contribution in [0.2, 0.25) is 0 Å². The van der Waals surface area contributed by atoms with E-state index in [0.717, 1.165) is 32.1 Å². The third kappa shape index (κ3) is 6.33. The van der Waals surface area contributed by atoms with Gasteiger partial charge in [-0.2, -0.15) is 4.39 Å². The highest BCUT2D eigenvalue weighted by atomic mass is 19.2. The van der Waals surface area contributed by atoms with Crippen LogP contribution < -0.4 is 4.74 Å². The van der Waals surface area contributed by atoms with Gasteiger partial charge < -0.3 is 4.74 Å². The monoisotopic (exact) mass is 508 g/mol. The Labute approximate surface area is 216 Å². The minimum absolute atomic E-state index is 0.0652. The lowest BCUT2D eigenvalue weighted by atomic mass is 9.79. The van der Waals surface area contributed by atoms with Crippen molar-refractivity contribution in [2.45, 2.75) is 51.4 Å². The predicted molar refractivity (Wildman–Crippen MR) is 142 cm³/mol. The number of unbranched alkanes of at least 4 members (excludes halogenated alkanes) is 1. The van der Waals surface area contributed by atoms with Crippen molar-refractivity contribution >= 4 is 12.2 Å². The zero-order valence-corrected chi connectivity index (χ0v) is 21.1. The molecule has 0 amide bonds. The molecule has 0 saturated heterocycles. The van der Waals surface area contributed by atoms with E-state index in [9.17, 15) is 17.6 Å². The van der Waals surface area contributed by atoms with Gasteiger partial charge in [0.05, 0.1) is 6.61 Å². The summed E-state index contributed by atoms with van der Waals surface area (Å²) in [4.78, 5) is 0. The second kappa shape index (κ2) is 12.3. The summed E-state index contributed by atoms with van der Waals surface area (Å²) in [6.07, 6.45) is 10.1. The Bertz CT molecular complexity index is 1250. The van der Waals surface area contributed by atoms with Crippen molar-refractivity contribution in [1.82, 2.24) is 0 Å². The first-order valence-corrected chi connectivity index (χ1v) is 12.9. The largest absolute Gasteiger partial charge is 0.490 e. The van der Waals surface area contributed by atoms with Crippen LogP contribution in [0.1, 0.15) is 68.1 Å². The Kier molecular flexibility index (Phi) is 8.86. The van der Waals surface area contributed by atoms with Gasteiger partial charge in [0.2, 0.25) is 5.82 Å². The van der Waals surface area contributed by atoms with Gasteiger partial charge >= 0.3 is 0 Å². The molecule has 1 fully saturated rings. The molecule has 1 aliphatic rings. The Morgan fingerprint density at radius 1 is 0.811 bits per heavy atom. The molecule has 1 nitrogen and oxygen atoms in total. The SMILES string of the molecule is C=CCCCOc1ccc(/C=C/c2ccc(-c3ccc(C4CCC(C)CC4)c(F)c3F)cc2)c(F)c1F. The summed E-state index contributed by atoms with van der Waals surface area (Å²) in [7, 11) is 0. The number of rotatable bonds is 9. The van der Waals surface area contributed by atoms with Crippen molar-refractivity contribution in [1.29, 1.82) is 0 Å². The summed E-state index contributed by atoms with van der Waals surface area (Å²) in [6, 6.07) is 13.1. The van der Waals surface area contributed by atoms with Crippen LogP contribution in [0.15, 0.2) is 61.2 Å². The molecule has 0 radical (unpaired) electrons. The number of hydrogen-bond donors (Lipinski definition) is 0. The van der Waals surface area contributed by atoms with E-state index in [2.05, 4.69) is 13.5 Å². The Morgan fingerprint density at radius 2 is 1.54 bits per heavy atom. The summed E-state index contributed by atoms with van der Waals surface area (Å²) >= 11 is 0. The maximum Gasteiger partial charge on any atom is 0.201 e. The van der Waals surface area contributed by atoms with Gasteiger partial charge in [-0.15, -0.1) is 6.58 Å². The van der Waals surface area contributed by atoms with E-state index in [1.54, 1.807) is 48.6 Å². The van der Waals surface area contributed by atoms with Gasteiger partial charge in [0, 0.05) is 11.1 Å². The standard InChI is InChI=1S/C32H32F4O/c1-3-4-5-20-37-28-19-16-25(29(33)32(28)36)15-10-22-8-13-24(14-9-22)27-18-17-26(30(34)31(27)35)23-11-6-21(2)7-12-23/h3,8-10,13-19,21,23H,1,4-7,11-12,20H2,2H3/b15-10+. The van der Waals surface area contributed by atoms with E-state index in [1.165, 1.54) is 18.2 Å². The Hall–Kier alpha value is -3.34. The second-order valence-electron chi connectivity index (χ2n) is 9.80. The molecule has 37 heavy (non-hydrogen) atoms. The molecule has 0 unspecified atom stereocenters. The number of hydrogen-bond acceptors (Lipinski definition) is 1. The van der Waals surface area contributed by atoms with Gasteiger partial charge in [0.25, 0.3) is 0 Å². The smallest absolute Gasteiger partial charge is 0.201 e. The fourth-order valence-electron chi connectivity index (χ4n) is 4.83. The molecule has 0 N–H and O–H groups in total. The summed E-state index contributed by atoms with van der Waals surface area (Å²) < 4.78 is 64.1. The summed E-state index contributed by atoms with van der Waals surface area (Å²) in [6.45, 7) is 6.09. The van der Waals surface area contributed by atoms with E-state index in [-0.39, 0.29) is 29.4 Å². The maximum absolute atomic E-state index is 15.0. The quantitative estimate of drug-likeness (QED) is 0.121. The maximum atomic E-state index is 15.0. The van der Waals surface area contributed by atoms with Crippen molar-refractivity contribution in [3.8, 4) is 16.9 Å². The van der Waals surface area contributed by atoms with Crippen molar-refractivity contribution < 1.29 is 22.3 Å². The minimum Gasteiger partial charge on any atom is -0.490 e. The minimum atomic E-state index is -1.03. The first-order valence-electron chi connectivity index (χ1n) is 12.9. The summed E-state index contributed by atoms with van der Waals surface area (Å²) in [5.74, 6) is -3.02. The van der Waals surface area contributed by atoms with Gasteiger partial charge in [-0.25, -0.2) is 13.2 Å². The highest BCUT2D eigenvalue weighted by molar-refractivity contribution is 5.73. The molecule has 0 spiro atoms. The van der Waals surface area contributed by atoms with Gasteiger partial charge in [-0.3, -0.25) is 0 Å². The van der Waals surface area contributed by atoms with Gasteiger partial charge in [-0.1, -0.05) is 74.4 Å². The Morgan fingerprint density at radius 3 is 2.24 bits per heavy atom. The first kappa shape index (κ1) is 26.7. The lowest BCUT2D eigenvalue weighted by molar-refractivity contribution is 0.291. The lowest BCUT2D eigenvalue weighted by Crippen LogP contribution is -2.13. The molecule has 0 atom stereocenters. The molecular weight excluding hydrogens is 476 g/mol. The third-order valence-corrected chi connectivity index (χ3v) is 7.13. The predicted octanol–water partition coefficient (Wildman–Crippen LogP) is 9.72. The van der Waals surface area contributed by atoms with Crippen molar-refractivity contribution in [3.05, 3.63) is 101 Å². The van der Waals surface area contributed by atoms with Crippen LogP contribution in [0.4, 0.5) is 17.6 Å². The van der Waals surface area contributed by atoms with Crippen molar-refractivity contribution in [3.63, 3.8) is 0 Å². The summed E-state index contributed by atoms with van der Waals surface area (Å²) in [5.41, 5.74) is 2.02. The first-order chi connectivity index (χ1) is 17.9. The molecule has 0 heterocycles. The van der Waals surface area contributed by atoms with Crippen LogP contribution in [0.3, 0.4) is 0 Å². The molecule has 5 heteroatoms. The van der Waals surface area contributed by atoms with E-state index < -0.39 is 23.3 Å². The zero-order chi connectivity index (χ0) is 26.4. The molecule has 0 bridgehead atoms. The average molecular weight is 509 g/mol. The topological polar surface area (TPSA) is 9.23 Å². The lowest BCUT2D eigenvalue weighted by Gasteiger charge is -2.27. The third-order valence-electron chi connectivity index (χ3n) is 7.13. The molecule has 3 aromatic carbocycles. The van der Waals surface area contributed by atoms with Gasteiger partial charge in [0.1, 0.15) is 0 Å². The second-order valence-corrected chi connectivity index (χ2v) is 9.80. The zero-order valence-electron chi connectivity index (χ0n) is 21.1. The van der Waals surface area contributed by atoms with Crippen LogP contribution in [0.5, 0.6) is 5.75 Å². The molecule has 1 saturated carbocycles. The number of benzene rings is 3. The molecule has 194 valence electrons.